The molecule has 0 saturated carbocycles. The van der Waals surface area contributed by atoms with Gasteiger partial charge in [0.1, 0.15) is 9.52 Å². The lowest BCUT2D eigenvalue weighted by atomic mass is 10.3. The van der Waals surface area contributed by atoms with Gasteiger partial charge in [0.05, 0.1) is 12.1 Å². The van der Waals surface area contributed by atoms with E-state index in [1.165, 1.54) is 12.3 Å². The van der Waals surface area contributed by atoms with Gasteiger partial charge in [-0.25, -0.2) is 9.37 Å². The van der Waals surface area contributed by atoms with Gasteiger partial charge in [0.25, 0.3) is 0 Å². The molecule has 1 heterocycles. The summed E-state index contributed by atoms with van der Waals surface area (Å²) in [5.41, 5.74) is 0.738. The van der Waals surface area contributed by atoms with E-state index in [-0.39, 0.29) is 5.82 Å². The largest absolute Gasteiger partial charge is 0.247 e. The smallest absolute Gasteiger partial charge is 0.141 e. The number of nitrogens with zero attached hydrogens (tertiary/aromatic N) is 1. The van der Waals surface area contributed by atoms with E-state index in [1.54, 1.807) is 0 Å². The van der Waals surface area contributed by atoms with Crippen molar-refractivity contribution < 1.29 is 4.39 Å². The minimum Gasteiger partial charge on any atom is -0.247 e. The summed E-state index contributed by atoms with van der Waals surface area (Å²) < 4.78 is 13.2. The third-order valence-corrected chi connectivity index (χ3v) is 2.28. The Morgan fingerprint density at radius 1 is 1.70 bits per heavy atom. The fourth-order valence-corrected chi connectivity index (χ4v) is 1.47. The Labute approximate surface area is 76.7 Å². The van der Waals surface area contributed by atoms with Crippen LogP contribution in [0.15, 0.2) is 12.3 Å². The lowest BCUT2D eigenvalue weighted by Gasteiger charge is -1.96. The monoisotopic (exact) mass is 271 g/mol. The highest BCUT2D eigenvalue weighted by Crippen LogP contribution is 2.12. The topological polar surface area (TPSA) is 12.9 Å². The molecule has 1 aromatic rings. The molecule has 0 amide bonds. The molecule has 0 bridgehead atoms. The second-order valence-corrected chi connectivity index (χ2v) is 3.03. The maximum atomic E-state index is 12.4. The van der Waals surface area contributed by atoms with E-state index in [0.717, 1.165) is 9.26 Å². The van der Waals surface area contributed by atoms with Crippen molar-refractivity contribution in [2.45, 2.75) is 5.88 Å². The number of rotatable bonds is 1. The Balaban J connectivity index is 3.09. The Bertz CT molecular complexity index is 241. The van der Waals surface area contributed by atoms with Gasteiger partial charge in [-0.1, -0.05) is 0 Å². The number of hydrogen-bond acceptors (Lipinski definition) is 1. The summed E-state index contributed by atoms with van der Waals surface area (Å²) in [4.78, 5) is 3.78. The van der Waals surface area contributed by atoms with Gasteiger partial charge in [-0.05, 0) is 28.7 Å². The number of aromatic nitrogens is 1. The van der Waals surface area contributed by atoms with Crippen LogP contribution in [0.1, 0.15) is 5.56 Å². The van der Waals surface area contributed by atoms with Gasteiger partial charge in [-0.3, -0.25) is 0 Å². The predicted molar refractivity (Wildman–Crippen MR) is 46.5 cm³/mol. The van der Waals surface area contributed by atoms with Crippen molar-refractivity contribution in [2.24, 2.45) is 0 Å². The van der Waals surface area contributed by atoms with Crippen molar-refractivity contribution in [1.82, 2.24) is 4.98 Å². The second kappa shape index (κ2) is 3.48. The second-order valence-electron chi connectivity index (χ2n) is 1.74. The Morgan fingerprint density at radius 2 is 2.40 bits per heavy atom. The minimum absolute atomic E-state index is 0.309. The molecule has 0 radical (unpaired) electrons. The standard InChI is InChI=1S/C6H4ClFIN/c7-2-4-1-5(8)3-10-6(4)9/h1,3H,2H2. The van der Waals surface area contributed by atoms with E-state index in [2.05, 4.69) is 4.98 Å². The Hall–Kier alpha value is 0.1000. The van der Waals surface area contributed by atoms with Gasteiger partial charge < -0.3 is 0 Å². The number of pyridine rings is 1. The van der Waals surface area contributed by atoms with Crippen LogP contribution in [0.4, 0.5) is 4.39 Å². The molecule has 10 heavy (non-hydrogen) atoms. The zero-order valence-corrected chi connectivity index (χ0v) is 7.86. The van der Waals surface area contributed by atoms with Crippen LogP contribution in [0, 0.1) is 9.52 Å². The molecule has 0 spiro atoms. The molecule has 1 nitrogen and oxygen atoms in total. The molecule has 0 unspecified atom stereocenters. The van der Waals surface area contributed by atoms with Crippen LogP contribution < -0.4 is 0 Å². The molecule has 0 N–H and O–H groups in total. The lowest BCUT2D eigenvalue weighted by molar-refractivity contribution is 0.618. The molecule has 0 fully saturated rings. The summed E-state index contributed by atoms with van der Waals surface area (Å²) in [5, 5.41) is 0. The van der Waals surface area contributed by atoms with E-state index in [9.17, 15) is 4.39 Å². The molecule has 0 aliphatic heterocycles. The van der Waals surface area contributed by atoms with E-state index in [0.29, 0.717) is 5.88 Å². The highest BCUT2D eigenvalue weighted by Gasteiger charge is 1.99. The Morgan fingerprint density at radius 3 is 2.90 bits per heavy atom. The molecular formula is C6H4ClFIN. The molecule has 0 aromatic carbocycles. The van der Waals surface area contributed by atoms with Crippen molar-refractivity contribution in [1.29, 1.82) is 0 Å². The molecule has 1 rings (SSSR count). The number of hydrogen-bond donors (Lipinski definition) is 0. The van der Waals surface area contributed by atoms with Gasteiger partial charge in [-0.15, -0.1) is 11.6 Å². The highest BCUT2D eigenvalue weighted by molar-refractivity contribution is 14.1. The van der Waals surface area contributed by atoms with Gasteiger partial charge in [0.2, 0.25) is 0 Å². The van der Waals surface area contributed by atoms with Crippen LogP contribution in [0.25, 0.3) is 0 Å². The number of halogens is 3. The fraction of sp³-hybridized carbons (Fsp3) is 0.167. The van der Waals surface area contributed by atoms with E-state index < -0.39 is 0 Å². The number of alkyl halides is 1. The quantitative estimate of drug-likeness (QED) is 0.435. The van der Waals surface area contributed by atoms with Crippen LogP contribution in [-0.2, 0) is 5.88 Å². The molecule has 4 heteroatoms. The zero-order chi connectivity index (χ0) is 7.56. The van der Waals surface area contributed by atoms with Crippen molar-refractivity contribution in [3.63, 3.8) is 0 Å². The third-order valence-electron chi connectivity index (χ3n) is 1.02. The minimum atomic E-state index is -0.337. The summed E-state index contributed by atoms with van der Waals surface area (Å²) in [6, 6.07) is 1.39. The lowest BCUT2D eigenvalue weighted by Crippen LogP contribution is -1.90. The summed E-state index contributed by atoms with van der Waals surface area (Å²) in [5.74, 6) is -0.0284. The van der Waals surface area contributed by atoms with Crippen molar-refractivity contribution in [3.05, 3.63) is 27.3 Å². The van der Waals surface area contributed by atoms with Gasteiger partial charge in [0.15, 0.2) is 0 Å². The molecule has 54 valence electrons. The molecule has 1 aromatic heterocycles. The first-order chi connectivity index (χ1) is 4.74. The first kappa shape index (κ1) is 8.20. The van der Waals surface area contributed by atoms with Crippen LogP contribution in [0.2, 0.25) is 0 Å². The average Bonchev–Trinajstić information content (AvgIpc) is 1.94. The fourth-order valence-electron chi connectivity index (χ4n) is 0.558. The van der Waals surface area contributed by atoms with Gasteiger partial charge in [-0.2, -0.15) is 0 Å². The summed E-state index contributed by atoms with van der Waals surface area (Å²) in [7, 11) is 0. The van der Waals surface area contributed by atoms with E-state index in [4.69, 9.17) is 11.6 Å². The first-order valence-corrected chi connectivity index (χ1v) is 4.21. The zero-order valence-electron chi connectivity index (χ0n) is 4.94. The van der Waals surface area contributed by atoms with Crippen molar-refractivity contribution >= 4 is 34.2 Å². The third kappa shape index (κ3) is 1.79. The van der Waals surface area contributed by atoms with Crippen molar-refractivity contribution in [2.75, 3.05) is 0 Å². The summed E-state index contributed by atoms with van der Waals surface area (Å²) in [6.07, 6.45) is 1.18. The SMILES string of the molecule is Fc1cnc(I)c(CCl)c1. The van der Waals surface area contributed by atoms with Crippen molar-refractivity contribution in [3.8, 4) is 0 Å². The van der Waals surface area contributed by atoms with Crippen LogP contribution in [-0.4, -0.2) is 4.98 Å². The molecule has 0 aliphatic carbocycles. The maximum absolute atomic E-state index is 12.4. The maximum Gasteiger partial charge on any atom is 0.141 e. The van der Waals surface area contributed by atoms with E-state index >= 15 is 0 Å². The Kier molecular flexibility index (Phi) is 2.85. The highest BCUT2D eigenvalue weighted by atomic mass is 127. The first-order valence-electron chi connectivity index (χ1n) is 2.60. The molecule has 0 atom stereocenters. The van der Waals surface area contributed by atoms with Crippen LogP contribution >= 0.6 is 34.2 Å². The normalized spacial score (nSPS) is 9.90. The molecule has 0 saturated heterocycles. The summed E-state index contributed by atoms with van der Waals surface area (Å²) >= 11 is 7.51. The van der Waals surface area contributed by atoms with Crippen LogP contribution in [0.3, 0.4) is 0 Å². The predicted octanol–water partition coefficient (Wildman–Crippen LogP) is 2.56. The van der Waals surface area contributed by atoms with Gasteiger partial charge in [0, 0.05) is 5.56 Å². The van der Waals surface area contributed by atoms with Gasteiger partial charge >= 0.3 is 0 Å². The molecule has 0 aliphatic rings. The van der Waals surface area contributed by atoms with E-state index in [1.807, 2.05) is 22.6 Å². The average molecular weight is 271 g/mol. The summed E-state index contributed by atoms with van der Waals surface area (Å²) in [6.45, 7) is 0. The van der Waals surface area contributed by atoms with Crippen LogP contribution in [0.5, 0.6) is 0 Å². The molecular weight excluding hydrogens is 267 g/mol.